The molecule has 130 valence electrons. The van der Waals surface area contributed by atoms with Crippen LogP contribution in [0.2, 0.25) is 0 Å². The van der Waals surface area contributed by atoms with Gasteiger partial charge in [0.25, 0.3) is 5.91 Å². The van der Waals surface area contributed by atoms with Crippen molar-refractivity contribution in [1.29, 1.82) is 0 Å². The summed E-state index contributed by atoms with van der Waals surface area (Å²) in [7, 11) is 0. The molecule has 1 aliphatic carbocycles. The van der Waals surface area contributed by atoms with Gasteiger partial charge in [0.05, 0.1) is 5.69 Å². The molecule has 1 aliphatic rings. The molecule has 2 heterocycles. The van der Waals surface area contributed by atoms with Crippen molar-refractivity contribution in [2.24, 2.45) is 17.4 Å². The van der Waals surface area contributed by atoms with E-state index in [1.807, 2.05) is 5.38 Å². The lowest BCUT2D eigenvalue weighted by atomic mass is 9.86. The third kappa shape index (κ3) is 4.14. The zero-order chi connectivity index (χ0) is 16.4. The average molecular weight is 370 g/mol. The van der Waals surface area contributed by atoms with Crippen LogP contribution in [0, 0.1) is 5.92 Å². The number of primary amides is 1. The Labute approximate surface area is 149 Å². The fraction of sp³-hybridized carbons (Fsp3) is 0.400. The number of aromatic amines is 1. The standard InChI is InChI=1S/C15H19N5O2S.ClH/c16-10-3-1-2-8(4-10)14(22)20-15-19-12(7-23-15)9-5-11(13(17)21)18-6-9;/h5-8,10,18H,1-4,16H2,(H2,17,21)(H,19,20,22);1H. The highest BCUT2D eigenvalue weighted by Crippen LogP contribution is 2.28. The number of nitrogens with two attached hydrogens (primary N) is 2. The van der Waals surface area contributed by atoms with Crippen LogP contribution in [0.3, 0.4) is 0 Å². The Balaban J connectivity index is 0.00000208. The molecule has 0 aliphatic heterocycles. The van der Waals surface area contributed by atoms with E-state index in [4.69, 9.17) is 11.5 Å². The highest BCUT2D eigenvalue weighted by atomic mass is 35.5. The van der Waals surface area contributed by atoms with E-state index in [0.717, 1.165) is 31.2 Å². The second-order valence-corrected chi connectivity index (χ2v) is 6.68. The van der Waals surface area contributed by atoms with Crippen molar-refractivity contribution in [3.63, 3.8) is 0 Å². The molecule has 2 atom stereocenters. The van der Waals surface area contributed by atoms with Gasteiger partial charge in [0.1, 0.15) is 5.69 Å². The fourth-order valence-electron chi connectivity index (χ4n) is 2.82. The molecule has 0 saturated heterocycles. The molecule has 3 rings (SSSR count). The number of carbonyl (C=O) groups excluding carboxylic acids is 2. The van der Waals surface area contributed by atoms with Gasteiger partial charge in [0.2, 0.25) is 5.91 Å². The summed E-state index contributed by atoms with van der Waals surface area (Å²) in [5.74, 6) is -0.582. The lowest BCUT2D eigenvalue weighted by Crippen LogP contribution is -2.34. The number of halogens is 1. The Morgan fingerprint density at radius 2 is 2.17 bits per heavy atom. The molecule has 9 heteroatoms. The van der Waals surface area contributed by atoms with E-state index < -0.39 is 5.91 Å². The van der Waals surface area contributed by atoms with E-state index in [1.54, 1.807) is 12.3 Å². The first-order valence-electron chi connectivity index (χ1n) is 7.53. The van der Waals surface area contributed by atoms with Crippen molar-refractivity contribution in [2.45, 2.75) is 31.7 Å². The quantitative estimate of drug-likeness (QED) is 0.658. The van der Waals surface area contributed by atoms with E-state index >= 15 is 0 Å². The van der Waals surface area contributed by atoms with Gasteiger partial charge < -0.3 is 21.8 Å². The van der Waals surface area contributed by atoms with Crippen molar-refractivity contribution in [3.05, 3.63) is 23.3 Å². The normalized spacial score (nSPS) is 20.2. The number of carbonyl (C=O) groups is 2. The van der Waals surface area contributed by atoms with Crippen LogP contribution in [0.25, 0.3) is 11.3 Å². The van der Waals surface area contributed by atoms with Crippen molar-refractivity contribution >= 4 is 40.7 Å². The highest BCUT2D eigenvalue weighted by molar-refractivity contribution is 7.14. The van der Waals surface area contributed by atoms with Crippen LogP contribution in [0.15, 0.2) is 17.6 Å². The van der Waals surface area contributed by atoms with Crippen LogP contribution in [0.4, 0.5) is 5.13 Å². The van der Waals surface area contributed by atoms with Crippen molar-refractivity contribution in [1.82, 2.24) is 9.97 Å². The Kier molecular flexibility index (Phi) is 5.98. The maximum absolute atomic E-state index is 12.3. The van der Waals surface area contributed by atoms with E-state index in [-0.39, 0.29) is 30.3 Å². The monoisotopic (exact) mass is 369 g/mol. The van der Waals surface area contributed by atoms with E-state index in [0.29, 0.717) is 16.5 Å². The number of hydrogen-bond acceptors (Lipinski definition) is 5. The van der Waals surface area contributed by atoms with E-state index in [9.17, 15) is 9.59 Å². The number of aromatic nitrogens is 2. The number of nitrogens with zero attached hydrogens (tertiary/aromatic N) is 1. The summed E-state index contributed by atoms with van der Waals surface area (Å²) in [6.07, 6.45) is 5.24. The minimum absolute atomic E-state index is 0. The Morgan fingerprint density at radius 3 is 2.83 bits per heavy atom. The Morgan fingerprint density at radius 1 is 1.38 bits per heavy atom. The van der Waals surface area contributed by atoms with Crippen LogP contribution in [-0.2, 0) is 4.79 Å². The number of amides is 2. The summed E-state index contributed by atoms with van der Waals surface area (Å²) >= 11 is 1.35. The molecule has 0 spiro atoms. The molecule has 2 aromatic rings. The number of rotatable bonds is 4. The molecule has 7 nitrogen and oxygen atoms in total. The van der Waals surface area contributed by atoms with Gasteiger partial charge in [-0.1, -0.05) is 6.42 Å². The third-order valence-corrected chi connectivity index (χ3v) is 4.82. The summed E-state index contributed by atoms with van der Waals surface area (Å²) in [5, 5.41) is 5.24. The molecule has 6 N–H and O–H groups in total. The summed E-state index contributed by atoms with van der Waals surface area (Å²) in [6, 6.07) is 1.75. The van der Waals surface area contributed by atoms with Gasteiger partial charge in [-0.15, -0.1) is 23.7 Å². The first kappa shape index (κ1) is 18.4. The Bertz CT molecular complexity index is 729. The lowest BCUT2D eigenvalue weighted by molar-refractivity contribution is -0.120. The molecule has 2 unspecified atom stereocenters. The van der Waals surface area contributed by atoms with Gasteiger partial charge in [-0.05, 0) is 25.3 Å². The zero-order valence-electron chi connectivity index (χ0n) is 13.0. The smallest absolute Gasteiger partial charge is 0.265 e. The summed E-state index contributed by atoms with van der Waals surface area (Å²) in [4.78, 5) is 30.6. The number of anilines is 1. The average Bonchev–Trinajstić information content (AvgIpc) is 3.15. The SMILES string of the molecule is Cl.NC(=O)c1cc(-c2csc(NC(=O)C3CCCC(N)C3)n2)c[nH]1. The van der Waals surface area contributed by atoms with Gasteiger partial charge in [0, 0.05) is 29.1 Å². The minimum Gasteiger partial charge on any atom is -0.364 e. The van der Waals surface area contributed by atoms with Crippen molar-refractivity contribution in [2.75, 3.05) is 5.32 Å². The first-order valence-corrected chi connectivity index (χ1v) is 8.41. The lowest BCUT2D eigenvalue weighted by Gasteiger charge is -2.25. The maximum Gasteiger partial charge on any atom is 0.265 e. The van der Waals surface area contributed by atoms with Crippen LogP contribution in [0.1, 0.15) is 36.2 Å². The molecule has 24 heavy (non-hydrogen) atoms. The molecule has 1 fully saturated rings. The van der Waals surface area contributed by atoms with Gasteiger partial charge in [0.15, 0.2) is 5.13 Å². The first-order chi connectivity index (χ1) is 11.0. The molecule has 2 amide bonds. The molecule has 0 radical (unpaired) electrons. The predicted octanol–water partition coefficient (Wildman–Crippen LogP) is 2.11. The second kappa shape index (κ2) is 7.78. The van der Waals surface area contributed by atoms with Gasteiger partial charge in [-0.25, -0.2) is 4.98 Å². The largest absolute Gasteiger partial charge is 0.364 e. The second-order valence-electron chi connectivity index (χ2n) is 5.82. The summed E-state index contributed by atoms with van der Waals surface area (Å²) in [6.45, 7) is 0. The molecular formula is C15H20ClN5O2S. The number of H-pyrrole nitrogens is 1. The summed E-state index contributed by atoms with van der Waals surface area (Å²) in [5.41, 5.74) is 12.9. The van der Waals surface area contributed by atoms with Crippen LogP contribution in [-0.4, -0.2) is 27.8 Å². The summed E-state index contributed by atoms with van der Waals surface area (Å²) < 4.78 is 0. The van der Waals surface area contributed by atoms with Crippen LogP contribution >= 0.6 is 23.7 Å². The van der Waals surface area contributed by atoms with Crippen LogP contribution in [0.5, 0.6) is 0 Å². The minimum atomic E-state index is -0.520. The predicted molar refractivity (Wildman–Crippen MR) is 96.2 cm³/mol. The molecule has 2 aromatic heterocycles. The number of hydrogen-bond donors (Lipinski definition) is 4. The Hall–Kier alpha value is -1.90. The maximum atomic E-state index is 12.3. The zero-order valence-corrected chi connectivity index (χ0v) is 14.6. The highest BCUT2D eigenvalue weighted by Gasteiger charge is 2.25. The van der Waals surface area contributed by atoms with E-state index in [2.05, 4.69) is 15.3 Å². The number of thiazole rings is 1. The third-order valence-electron chi connectivity index (χ3n) is 4.06. The topological polar surface area (TPSA) is 127 Å². The van der Waals surface area contributed by atoms with E-state index in [1.165, 1.54) is 11.3 Å². The van der Waals surface area contributed by atoms with Gasteiger partial charge in [-0.3, -0.25) is 9.59 Å². The molecule has 0 aromatic carbocycles. The fourth-order valence-corrected chi connectivity index (χ4v) is 3.54. The van der Waals surface area contributed by atoms with Crippen molar-refractivity contribution < 1.29 is 9.59 Å². The van der Waals surface area contributed by atoms with Gasteiger partial charge in [-0.2, -0.15) is 0 Å². The molecular weight excluding hydrogens is 350 g/mol. The number of nitrogens with one attached hydrogen (secondary N) is 2. The molecule has 0 bridgehead atoms. The van der Waals surface area contributed by atoms with Crippen molar-refractivity contribution in [3.8, 4) is 11.3 Å². The molecule has 1 saturated carbocycles. The van der Waals surface area contributed by atoms with Crippen LogP contribution < -0.4 is 16.8 Å². The van der Waals surface area contributed by atoms with Gasteiger partial charge >= 0.3 is 0 Å².